The van der Waals surface area contributed by atoms with E-state index in [1.807, 2.05) is 0 Å². The van der Waals surface area contributed by atoms with Crippen LogP contribution < -0.4 is 13.6 Å². The van der Waals surface area contributed by atoms with Gasteiger partial charge in [0.05, 0.1) is 0 Å². The summed E-state index contributed by atoms with van der Waals surface area (Å²) < 4.78 is 22.5. The quantitative estimate of drug-likeness (QED) is 0.157. The van der Waals surface area contributed by atoms with E-state index in [4.69, 9.17) is 13.6 Å². The minimum Gasteiger partial charge on any atom is -0.408 e. The Bertz CT molecular complexity index is 2200. The van der Waals surface area contributed by atoms with Crippen molar-refractivity contribution in [2.24, 2.45) is 0 Å². The molecule has 308 valence electrons. The van der Waals surface area contributed by atoms with Crippen molar-refractivity contribution in [2.45, 2.75) is 157 Å². The average Bonchev–Trinajstić information content (AvgIpc) is 3.08. The third-order valence-corrected chi connectivity index (χ3v) is 12.4. The monoisotopic (exact) mass is 796 g/mol. The molecule has 0 saturated carbocycles. The first kappa shape index (κ1) is 43.5. The van der Waals surface area contributed by atoms with Crippen molar-refractivity contribution in [3.8, 4) is 17.2 Å². The first-order chi connectivity index (χ1) is 26.6. The molecule has 0 aliphatic rings. The average molecular weight is 797 g/mol. The second kappa shape index (κ2) is 14.9. The number of hydrogen-bond acceptors (Lipinski definition) is 3. The van der Waals surface area contributed by atoms with Gasteiger partial charge < -0.3 is 13.6 Å². The number of fused-ring (bicyclic) bond motifs is 3. The lowest BCUT2D eigenvalue weighted by Crippen LogP contribution is -2.18. The summed E-state index contributed by atoms with van der Waals surface area (Å²) >= 11 is 0. The van der Waals surface area contributed by atoms with Gasteiger partial charge in [0.2, 0.25) is 0 Å². The smallest absolute Gasteiger partial charge is 0.408 e. The van der Waals surface area contributed by atoms with Crippen molar-refractivity contribution in [1.29, 1.82) is 0 Å². The van der Waals surface area contributed by atoms with E-state index in [0.717, 1.165) is 50.1 Å². The van der Waals surface area contributed by atoms with Crippen LogP contribution in [-0.2, 0) is 32.5 Å². The van der Waals surface area contributed by atoms with E-state index in [2.05, 4.69) is 216 Å². The van der Waals surface area contributed by atoms with Crippen LogP contribution in [0.3, 0.4) is 0 Å². The Morgan fingerprint density at radius 3 is 0.690 bits per heavy atom. The zero-order valence-corrected chi connectivity index (χ0v) is 39.7. The summed E-state index contributed by atoms with van der Waals surface area (Å²) in [6.45, 7) is 40.8. The van der Waals surface area contributed by atoms with Gasteiger partial charge in [-0.2, -0.15) is 0 Å². The lowest BCUT2D eigenvalue weighted by Gasteiger charge is -2.31. The minimum absolute atomic E-state index is 0.0670. The molecule has 0 spiro atoms. The van der Waals surface area contributed by atoms with Crippen LogP contribution in [0.5, 0.6) is 17.2 Å². The van der Waals surface area contributed by atoms with Gasteiger partial charge in [-0.05, 0) is 65.3 Å². The number of rotatable bonds is 6. The van der Waals surface area contributed by atoms with Crippen molar-refractivity contribution in [3.05, 3.63) is 124 Å². The van der Waals surface area contributed by atoms with Gasteiger partial charge in [-0.3, -0.25) is 0 Å². The Morgan fingerprint density at radius 1 is 0.259 bits per heavy atom. The molecule has 6 aromatic rings. The fraction of sp³-hybridized carbons (Fsp3) is 0.444. The maximum atomic E-state index is 7.51. The summed E-state index contributed by atoms with van der Waals surface area (Å²) in [5.41, 5.74) is 6.29. The van der Waals surface area contributed by atoms with Crippen LogP contribution in [0.1, 0.15) is 158 Å². The fourth-order valence-corrected chi connectivity index (χ4v) is 9.45. The minimum atomic E-state index is -2.11. The summed E-state index contributed by atoms with van der Waals surface area (Å²) in [7, 11) is -2.11. The van der Waals surface area contributed by atoms with Gasteiger partial charge in [-0.1, -0.05) is 216 Å². The molecule has 6 aromatic carbocycles. The van der Waals surface area contributed by atoms with Gasteiger partial charge in [0.25, 0.3) is 0 Å². The topological polar surface area (TPSA) is 27.7 Å². The molecule has 0 saturated heterocycles. The molecule has 0 N–H and O–H groups in total. The number of benzene rings is 6. The molecular formula is C54H69O3P. The zero-order chi connectivity index (χ0) is 43.0. The van der Waals surface area contributed by atoms with E-state index in [1.54, 1.807) is 0 Å². The Kier molecular flexibility index (Phi) is 11.2. The molecule has 0 aliphatic heterocycles. The van der Waals surface area contributed by atoms with E-state index < -0.39 is 8.60 Å². The molecule has 0 aromatic heterocycles. The zero-order valence-electron chi connectivity index (χ0n) is 38.8. The van der Waals surface area contributed by atoms with E-state index in [-0.39, 0.29) is 32.5 Å². The highest BCUT2D eigenvalue weighted by Gasteiger charge is 2.34. The van der Waals surface area contributed by atoms with Gasteiger partial charge in [-0.15, -0.1) is 0 Å². The molecule has 0 amide bonds. The largest absolute Gasteiger partial charge is 0.530 e. The van der Waals surface area contributed by atoms with Crippen LogP contribution in [0.15, 0.2) is 91.0 Å². The molecule has 0 unspecified atom stereocenters. The highest BCUT2D eigenvalue weighted by molar-refractivity contribution is 7.43. The molecule has 0 aliphatic carbocycles. The van der Waals surface area contributed by atoms with E-state index in [9.17, 15) is 0 Å². The van der Waals surface area contributed by atoms with E-state index in [1.165, 1.54) is 32.8 Å². The molecule has 0 fully saturated rings. The van der Waals surface area contributed by atoms with Gasteiger partial charge in [-0.25, -0.2) is 0 Å². The predicted molar refractivity (Wildman–Crippen MR) is 253 cm³/mol. The van der Waals surface area contributed by atoms with Gasteiger partial charge in [0.15, 0.2) is 0 Å². The van der Waals surface area contributed by atoms with Crippen LogP contribution in [0, 0.1) is 0 Å². The highest BCUT2D eigenvalue weighted by Crippen LogP contribution is 2.54. The standard InChI is InChI=1S/C54H69O3P/c1-49(2,3)40-25-19-22-37-34(40)28-31-43(52(10,11)12)46(37)55-58(56-47-38-23-20-26-41(50(4,5)6)35(38)29-32-44(47)53(13,14)15)57-48-39-24-21-27-42(51(7,8)9)36(39)30-33-45(48)54(16,17)18/h19-33H,1-18H3. The lowest BCUT2D eigenvalue weighted by molar-refractivity contribution is 0.378. The van der Waals surface area contributed by atoms with Crippen LogP contribution in [-0.4, -0.2) is 0 Å². The van der Waals surface area contributed by atoms with Crippen LogP contribution in [0.25, 0.3) is 32.3 Å². The lowest BCUT2D eigenvalue weighted by atomic mass is 9.80. The van der Waals surface area contributed by atoms with Crippen molar-refractivity contribution < 1.29 is 13.6 Å². The van der Waals surface area contributed by atoms with Gasteiger partial charge in [0, 0.05) is 32.8 Å². The first-order valence-electron chi connectivity index (χ1n) is 21.1. The third kappa shape index (κ3) is 8.63. The van der Waals surface area contributed by atoms with Crippen molar-refractivity contribution in [3.63, 3.8) is 0 Å². The molecule has 0 bridgehead atoms. The summed E-state index contributed by atoms with van der Waals surface area (Å²) in [6, 6.07) is 33.4. The summed E-state index contributed by atoms with van der Waals surface area (Å²) in [5.74, 6) is 2.43. The van der Waals surface area contributed by atoms with Crippen LogP contribution in [0.4, 0.5) is 0 Å². The fourth-order valence-electron chi connectivity index (χ4n) is 8.30. The molecule has 0 radical (unpaired) electrons. The maximum Gasteiger partial charge on any atom is 0.530 e. The molecular weight excluding hydrogens is 728 g/mol. The molecule has 58 heavy (non-hydrogen) atoms. The van der Waals surface area contributed by atoms with Gasteiger partial charge in [0.1, 0.15) is 17.2 Å². The highest BCUT2D eigenvalue weighted by atomic mass is 31.2. The Morgan fingerprint density at radius 2 is 0.483 bits per heavy atom. The van der Waals surface area contributed by atoms with Crippen molar-refractivity contribution in [1.82, 2.24) is 0 Å². The molecule has 4 heteroatoms. The SMILES string of the molecule is CC(C)(C)c1ccc2c(C(C)(C)C)cccc2c1OP(Oc1c(C(C)(C)C)ccc2c(C(C)(C)C)cccc12)Oc1c(C(C)(C)C)ccc2c(C(C)(C)C)cccc12. The van der Waals surface area contributed by atoms with Gasteiger partial charge >= 0.3 is 8.60 Å². The summed E-state index contributed by atoms with van der Waals surface area (Å²) in [6.07, 6.45) is 0. The first-order valence-corrected chi connectivity index (χ1v) is 22.2. The molecule has 6 rings (SSSR count). The summed E-state index contributed by atoms with van der Waals surface area (Å²) in [4.78, 5) is 0. The Hall–Kier alpha value is -4.07. The molecule has 0 heterocycles. The normalized spacial score (nSPS) is 13.5. The molecule has 3 nitrogen and oxygen atoms in total. The van der Waals surface area contributed by atoms with Crippen LogP contribution >= 0.6 is 8.60 Å². The predicted octanol–water partition coefficient (Wildman–Crippen LogP) is 16.7. The second-order valence-electron chi connectivity index (χ2n) is 22.5. The molecule has 0 atom stereocenters. The van der Waals surface area contributed by atoms with E-state index >= 15 is 0 Å². The van der Waals surface area contributed by atoms with Crippen molar-refractivity contribution >= 4 is 40.9 Å². The second-order valence-corrected chi connectivity index (χ2v) is 23.5. The Labute approximate surface area is 351 Å². The Balaban J connectivity index is 1.70. The maximum absolute atomic E-state index is 7.51. The van der Waals surface area contributed by atoms with Crippen molar-refractivity contribution in [2.75, 3.05) is 0 Å². The van der Waals surface area contributed by atoms with E-state index in [0.29, 0.717) is 0 Å². The third-order valence-electron chi connectivity index (χ3n) is 11.4. The number of hydrogen-bond donors (Lipinski definition) is 0. The summed E-state index contributed by atoms with van der Waals surface area (Å²) in [5, 5.41) is 6.73. The van der Waals surface area contributed by atoms with Crippen LogP contribution in [0.2, 0.25) is 0 Å².